The second kappa shape index (κ2) is 8.40. The van der Waals surface area contributed by atoms with Crippen LogP contribution in [0.15, 0.2) is 61.2 Å². The molecule has 27 heavy (non-hydrogen) atoms. The van der Waals surface area contributed by atoms with E-state index in [1.54, 1.807) is 0 Å². The Hall–Kier alpha value is -2.59. The highest BCUT2D eigenvalue weighted by Gasteiger charge is 2.20. The van der Waals surface area contributed by atoms with E-state index in [4.69, 9.17) is 0 Å². The molecule has 0 saturated heterocycles. The molecule has 0 aliphatic rings. The molecule has 1 unspecified atom stereocenters. The molecule has 0 fully saturated rings. The minimum atomic E-state index is 0.221. The first kappa shape index (κ1) is 19.2. The van der Waals surface area contributed by atoms with E-state index >= 15 is 0 Å². The van der Waals surface area contributed by atoms with Gasteiger partial charge in [0.25, 0.3) is 0 Å². The molecule has 3 rings (SSSR count). The number of pyridine rings is 1. The van der Waals surface area contributed by atoms with Crippen LogP contribution < -0.4 is 5.32 Å². The number of hydrogen-bond acceptors (Lipinski definition) is 4. The summed E-state index contributed by atoms with van der Waals surface area (Å²) in [4.78, 5) is 13.4. The summed E-state index contributed by atoms with van der Waals surface area (Å²) in [6.07, 6.45) is 8.61. The van der Waals surface area contributed by atoms with Crippen molar-refractivity contribution in [1.82, 2.24) is 20.3 Å². The van der Waals surface area contributed by atoms with Gasteiger partial charge in [-0.25, -0.2) is 9.97 Å². The fourth-order valence-corrected chi connectivity index (χ4v) is 3.12. The van der Waals surface area contributed by atoms with Gasteiger partial charge in [0.05, 0.1) is 0 Å². The molecule has 0 radical (unpaired) electrons. The monoisotopic (exact) mass is 360 g/mol. The van der Waals surface area contributed by atoms with Gasteiger partial charge in [-0.3, -0.25) is 4.98 Å². The van der Waals surface area contributed by atoms with Crippen molar-refractivity contribution in [3.8, 4) is 11.4 Å². The topological polar surface area (TPSA) is 50.7 Å². The molecular weight excluding hydrogens is 332 g/mol. The number of nitrogens with one attached hydrogen (secondary N) is 1. The second-order valence-electron chi connectivity index (χ2n) is 8.27. The van der Waals surface area contributed by atoms with E-state index in [1.165, 1.54) is 11.1 Å². The van der Waals surface area contributed by atoms with E-state index in [1.807, 2.05) is 43.0 Å². The van der Waals surface area contributed by atoms with Crippen molar-refractivity contribution in [2.75, 3.05) is 0 Å². The van der Waals surface area contributed by atoms with E-state index in [0.717, 1.165) is 29.9 Å². The Bertz CT molecular complexity index is 852. The summed E-state index contributed by atoms with van der Waals surface area (Å²) in [6.45, 7) is 9.59. The summed E-state index contributed by atoms with van der Waals surface area (Å²) >= 11 is 0. The molecule has 0 aliphatic heterocycles. The molecule has 0 saturated carbocycles. The zero-order chi connectivity index (χ0) is 19.3. The summed E-state index contributed by atoms with van der Waals surface area (Å²) in [7, 11) is 0. The lowest BCUT2D eigenvalue weighted by Crippen LogP contribution is -2.25. The first-order chi connectivity index (χ1) is 12.9. The highest BCUT2D eigenvalue weighted by Crippen LogP contribution is 2.29. The molecular formula is C23H28N4. The lowest BCUT2D eigenvalue weighted by atomic mass is 9.86. The van der Waals surface area contributed by atoms with Gasteiger partial charge in [-0.15, -0.1) is 0 Å². The molecule has 3 aromatic rings. The Morgan fingerprint density at radius 1 is 1.00 bits per heavy atom. The average molecular weight is 361 g/mol. The van der Waals surface area contributed by atoms with Crippen LogP contribution in [0.1, 0.15) is 49.9 Å². The molecule has 140 valence electrons. The van der Waals surface area contributed by atoms with Crippen LogP contribution in [0.5, 0.6) is 0 Å². The van der Waals surface area contributed by atoms with E-state index in [9.17, 15) is 0 Å². The molecule has 0 bridgehead atoms. The summed E-state index contributed by atoms with van der Waals surface area (Å²) < 4.78 is 0. The summed E-state index contributed by atoms with van der Waals surface area (Å²) in [5, 5.41) is 3.66. The molecule has 4 nitrogen and oxygen atoms in total. The smallest absolute Gasteiger partial charge is 0.159 e. The van der Waals surface area contributed by atoms with Gasteiger partial charge in [0.1, 0.15) is 0 Å². The highest BCUT2D eigenvalue weighted by atomic mass is 14.9. The maximum Gasteiger partial charge on any atom is 0.159 e. The first-order valence-electron chi connectivity index (χ1n) is 9.42. The van der Waals surface area contributed by atoms with E-state index in [-0.39, 0.29) is 11.5 Å². The standard InChI is InChI=1S/C23H28N4/c1-17-7-5-8-19(11-17)22-26-14-18(15-27-22)13-25-21(12-23(2,3)4)20-9-6-10-24-16-20/h5-11,14-16,21,25H,12-13H2,1-4H3. The Balaban J connectivity index is 1.70. The minimum absolute atomic E-state index is 0.221. The van der Waals surface area contributed by atoms with Gasteiger partial charge in [-0.2, -0.15) is 0 Å². The van der Waals surface area contributed by atoms with Crippen molar-refractivity contribution in [2.24, 2.45) is 5.41 Å². The van der Waals surface area contributed by atoms with Crippen molar-refractivity contribution in [1.29, 1.82) is 0 Å². The first-order valence-corrected chi connectivity index (χ1v) is 9.42. The number of aryl methyl sites for hydroxylation is 1. The number of nitrogens with zero attached hydrogens (tertiary/aromatic N) is 3. The predicted molar refractivity (Wildman–Crippen MR) is 110 cm³/mol. The molecule has 0 aliphatic carbocycles. The van der Waals surface area contributed by atoms with Crippen LogP contribution in [0.25, 0.3) is 11.4 Å². The molecule has 2 heterocycles. The van der Waals surface area contributed by atoms with Crippen molar-refractivity contribution in [3.05, 3.63) is 77.9 Å². The van der Waals surface area contributed by atoms with Gasteiger partial charge in [0.2, 0.25) is 0 Å². The van der Waals surface area contributed by atoms with Crippen LogP contribution in [0.4, 0.5) is 0 Å². The van der Waals surface area contributed by atoms with Crippen LogP contribution in [0.3, 0.4) is 0 Å². The summed E-state index contributed by atoms with van der Waals surface area (Å²) in [5.74, 6) is 0.765. The number of hydrogen-bond donors (Lipinski definition) is 1. The van der Waals surface area contributed by atoms with Crippen LogP contribution in [-0.4, -0.2) is 15.0 Å². The summed E-state index contributed by atoms with van der Waals surface area (Å²) in [5.41, 5.74) is 4.77. The van der Waals surface area contributed by atoms with Gasteiger partial charge < -0.3 is 5.32 Å². The van der Waals surface area contributed by atoms with E-state index in [0.29, 0.717) is 0 Å². The molecule has 1 aromatic carbocycles. The van der Waals surface area contributed by atoms with Crippen LogP contribution in [-0.2, 0) is 6.54 Å². The number of benzene rings is 1. The lowest BCUT2D eigenvalue weighted by molar-refractivity contribution is 0.310. The normalized spacial score (nSPS) is 12.7. The van der Waals surface area contributed by atoms with Crippen molar-refractivity contribution in [3.63, 3.8) is 0 Å². The Morgan fingerprint density at radius 3 is 2.41 bits per heavy atom. The van der Waals surface area contributed by atoms with E-state index < -0.39 is 0 Å². The zero-order valence-corrected chi connectivity index (χ0v) is 16.6. The van der Waals surface area contributed by atoms with Gasteiger partial charge in [-0.05, 0) is 36.5 Å². The van der Waals surface area contributed by atoms with Crippen LogP contribution >= 0.6 is 0 Å². The second-order valence-corrected chi connectivity index (χ2v) is 8.27. The molecule has 4 heteroatoms. The summed E-state index contributed by atoms with van der Waals surface area (Å²) in [6, 6.07) is 12.6. The van der Waals surface area contributed by atoms with Gasteiger partial charge in [0.15, 0.2) is 5.82 Å². The van der Waals surface area contributed by atoms with Crippen LogP contribution in [0.2, 0.25) is 0 Å². The Labute approximate surface area is 162 Å². The van der Waals surface area contributed by atoms with Crippen molar-refractivity contribution < 1.29 is 0 Å². The third kappa shape index (κ3) is 5.69. The van der Waals surface area contributed by atoms with E-state index in [2.05, 4.69) is 66.2 Å². The fourth-order valence-electron chi connectivity index (χ4n) is 3.12. The van der Waals surface area contributed by atoms with Gasteiger partial charge >= 0.3 is 0 Å². The molecule has 1 N–H and O–H groups in total. The molecule has 0 spiro atoms. The maximum absolute atomic E-state index is 4.55. The third-order valence-electron chi connectivity index (χ3n) is 4.44. The highest BCUT2D eigenvalue weighted by molar-refractivity contribution is 5.55. The van der Waals surface area contributed by atoms with Crippen molar-refractivity contribution >= 4 is 0 Å². The van der Waals surface area contributed by atoms with Crippen LogP contribution in [0, 0.1) is 12.3 Å². The number of aromatic nitrogens is 3. The molecule has 1 atom stereocenters. The fraction of sp³-hybridized carbons (Fsp3) is 0.348. The maximum atomic E-state index is 4.55. The van der Waals surface area contributed by atoms with Gasteiger partial charge in [0, 0.05) is 48.5 Å². The predicted octanol–water partition coefficient (Wildman–Crippen LogP) is 5.11. The Morgan fingerprint density at radius 2 is 1.78 bits per heavy atom. The largest absolute Gasteiger partial charge is 0.306 e. The number of rotatable bonds is 6. The zero-order valence-electron chi connectivity index (χ0n) is 16.6. The minimum Gasteiger partial charge on any atom is -0.306 e. The molecule has 0 amide bonds. The van der Waals surface area contributed by atoms with Gasteiger partial charge in [-0.1, -0.05) is 50.6 Å². The third-order valence-corrected chi connectivity index (χ3v) is 4.44. The molecule has 2 aromatic heterocycles. The lowest BCUT2D eigenvalue weighted by Gasteiger charge is -2.27. The average Bonchev–Trinajstić information content (AvgIpc) is 2.65. The quantitative estimate of drug-likeness (QED) is 0.663. The SMILES string of the molecule is Cc1cccc(-c2ncc(CNC(CC(C)(C)C)c3cccnc3)cn2)c1. The van der Waals surface area contributed by atoms with Crippen molar-refractivity contribution in [2.45, 2.75) is 46.7 Å². The Kier molecular flexibility index (Phi) is 5.97.